The molecule has 77 heavy (non-hydrogen) atoms. The van der Waals surface area contributed by atoms with Gasteiger partial charge in [0.05, 0.1) is 0 Å². The molecule has 0 spiro atoms. The number of hydrogen-bond acceptors (Lipinski definition) is 6. The van der Waals surface area contributed by atoms with E-state index < -0.39 is 6.10 Å². The van der Waals surface area contributed by atoms with Crippen LogP contribution in [0.4, 0.5) is 0 Å². The van der Waals surface area contributed by atoms with Gasteiger partial charge in [-0.25, -0.2) is 0 Å². The minimum absolute atomic E-state index is 0.0752. The van der Waals surface area contributed by atoms with Crippen LogP contribution >= 0.6 is 0 Å². The zero-order chi connectivity index (χ0) is 55.7. The van der Waals surface area contributed by atoms with Crippen LogP contribution in [0.25, 0.3) is 0 Å². The van der Waals surface area contributed by atoms with E-state index >= 15 is 0 Å². The monoisotopic (exact) mass is 1070 g/mol. The molecule has 0 saturated heterocycles. The summed E-state index contributed by atoms with van der Waals surface area (Å²) < 4.78 is 17.0. The Labute approximate surface area is 478 Å². The van der Waals surface area contributed by atoms with Gasteiger partial charge in [0, 0.05) is 19.3 Å². The van der Waals surface area contributed by atoms with Crippen molar-refractivity contribution in [1.82, 2.24) is 0 Å². The molecule has 6 heteroatoms. The summed E-state index contributed by atoms with van der Waals surface area (Å²) in [5, 5.41) is 0. The summed E-state index contributed by atoms with van der Waals surface area (Å²) in [5.41, 5.74) is 0. The fourth-order valence-corrected chi connectivity index (χ4v) is 9.70. The maximum Gasteiger partial charge on any atom is 0.306 e. The standard InChI is InChI=1S/C71H126O6/c1-4-7-10-13-16-19-22-25-27-29-31-33-34-35-36-38-39-41-43-46-49-52-55-58-61-64-70(73)76-67-68(66-75-69(72)63-60-57-54-51-48-45-24-21-18-15-12-9-6-3)77-71(74)65-62-59-56-53-50-47-44-42-40-37-32-30-28-26-23-20-17-14-11-8-5-2/h8,11,17,20,22,25-26,28-29,31-32,37,68H,4-7,9-10,12-16,18-19,21,23-24,27,30,33-36,38-67H2,1-3H3/b11-8-,20-17-,25-22-,28-26-,31-29-,37-32-. The summed E-state index contributed by atoms with van der Waals surface area (Å²) in [7, 11) is 0. The lowest BCUT2D eigenvalue weighted by molar-refractivity contribution is -0.167. The van der Waals surface area contributed by atoms with Crippen molar-refractivity contribution >= 4 is 17.9 Å². The first-order valence-electron chi connectivity index (χ1n) is 33.4. The van der Waals surface area contributed by atoms with E-state index in [1.807, 2.05) is 0 Å². The molecule has 0 aromatic heterocycles. The normalized spacial score (nSPS) is 12.5. The van der Waals surface area contributed by atoms with Gasteiger partial charge in [0.25, 0.3) is 0 Å². The molecule has 446 valence electrons. The summed E-state index contributed by atoms with van der Waals surface area (Å²) in [6.45, 7) is 6.56. The van der Waals surface area contributed by atoms with Crippen LogP contribution in [0.2, 0.25) is 0 Å². The van der Waals surface area contributed by atoms with E-state index in [2.05, 4.69) is 93.7 Å². The average Bonchev–Trinajstić information content (AvgIpc) is 3.43. The zero-order valence-corrected chi connectivity index (χ0v) is 51.2. The summed E-state index contributed by atoms with van der Waals surface area (Å²) in [4.78, 5) is 38.4. The van der Waals surface area contributed by atoms with Gasteiger partial charge in [-0.2, -0.15) is 0 Å². The van der Waals surface area contributed by atoms with Gasteiger partial charge < -0.3 is 14.2 Å². The van der Waals surface area contributed by atoms with E-state index in [-0.39, 0.29) is 31.1 Å². The number of esters is 3. The molecule has 0 aliphatic rings. The Balaban J connectivity index is 4.29. The van der Waals surface area contributed by atoms with Crippen molar-refractivity contribution in [2.45, 2.75) is 348 Å². The molecule has 0 aromatic carbocycles. The number of rotatable bonds is 61. The number of unbranched alkanes of at least 4 members (excludes halogenated alkanes) is 38. The molecule has 0 radical (unpaired) electrons. The number of ether oxygens (including phenoxy) is 3. The molecule has 6 nitrogen and oxygen atoms in total. The van der Waals surface area contributed by atoms with Crippen molar-refractivity contribution in [1.29, 1.82) is 0 Å². The molecule has 0 saturated carbocycles. The number of allylic oxidation sites excluding steroid dienone is 12. The number of carbonyl (C=O) groups is 3. The van der Waals surface area contributed by atoms with Gasteiger partial charge in [0.2, 0.25) is 0 Å². The smallest absolute Gasteiger partial charge is 0.306 e. The Morgan fingerprint density at radius 2 is 0.506 bits per heavy atom. The van der Waals surface area contributed by atoms with Crippen LogP contribution in [-0.4, -0.2) is 37.2 Å². The molecule has 0 aromatic rings. The highest BCUT2D eigenvalue weighted by molar-refractivity contribution is 5.71. The van der Waals surface area contributed by atoms with Crippen LogP contribution in [0, 0.1) is 0 Å². The molecule has 0 aliphatic carbocycles. The molecular formula is C71H126O6. The maximum atomic E-state index is 12.9. The van der Waals surface area contributed by atoms with Gasteiger partial charge in [0.1, 0.15) is 13.2 Å². The van der Waals surface area contributed by atoms with Crippen LogP contribution in [0.5, 0.6) is 0 Å². The topological polar surface area (TPSA) is 78.9 Å². The van der Waals surface area contributed by atoms with Crippen molar-refractivity contribution in [3.05, 3.63) is 72.9 Å². The van der Waals surface area contributed by atoms with Crippen molar-refractivity contribution in [3.8, 4) is 0 Å². The predicted octanol–water partition coefficient (Wildman–Crippen LogP) is 22.9. The lowest BCUT2D eigenvalue weighted by atomic mass is 10.0. The van der Waals surface area contributed by atoms with Crippen LogP contribution in [0.15, 0.2) is 72.9 Å². The SMILES string of the molecule is CC/C=C\C/C=C\C/C=C\C/C=C\CCCCCCCCCCC(=O)OC(COC(=O)CCCCCCCCCCCCCCC)COC(=O)CCCCCCCCCCCCCCC/C=C\C/C=C\CCCCCCC. The fraction of sp³-hybridized carbons (Fsp3) is 0.789. The second-order valence-corrected chi connectivity index (χ2v) is 22.4. The van der Waals surface area contributed by atoms with Gasteiger partial charge in [-0.15, -0.1) is 0 Å². The first-order valence-corrected chi connectivity index (χ1v) is 33.4. The first kappa shape index (κ1) is 73.8. The molecule has 0 rings (SSSR count). The Morgan fingerprint density at radius 1 is 0.273 bits per heavy atom. The van der Waals surface area contributed by atoms with E-state index in [9.17, 15) is 14.4 Å². The van der Waals surface area contributed by atoms with E-state index in [4.69, 9.17) is 14.2 Å². The third-order valence-corrected chi connectivity index (χ3v) is 14.7. The second kappa shape index (κ2) is 65.4. The predicted molar refractivity (Wildman–Crippen MR) is 335 cm³/mol. The van der Waals surface area contributed by atoms with Gasteiger partial charge in [-0.3, -0.25) is 14.4 Å². The minimum atomic E-state index is -0.779. The van der Waals surface area contributed by atoms with E-state index in [1.165, 1.54) is 205 Å². The van der Waals surface area contributed by atoms with Crippen LogP contribution in [0.3, 0.4) is 0 Å². The minimum Gasteiger partial charge on any atom is -0.462 e. The van der Waals surface area contributed by atoms with Crippen molar-refractivity contribution in [2.75, 3.05) is 13.2 Å². The Hall–Kier alpha value is -3.15. The highest BCUT2D eigenvalue weighted by atomic mass is 16.6. The number of hydrogen-bond donors (Lipinski definition) is 0. The summed E-state index contributed by atoms with van der Waals surface area (Å²) >= 11 is 0. The molecule has 0 heterocycles. The summed E-state index contributed by atoms with van der Waals surface area (Å²) in [6.07, 6.45) is 84.8. The highest BCUT2D eigenvalue weighted by Gasteiger charge is 2.19. The molecule has 0 fully saturated rings. The van der Waals surface area contributed by atoms with Crippen molar-refractivity contribution in [2.24, 2.45) is 0 Å². The molecule has 0 bridgehead atoms. The second-order valence-electron chi connectivity index (χ2n) is 22.4. The van der Waals surface area contributed by atoms with Gasteiger partial charge >= 0.3 is 17.9 Å². The molecule has 1 unspecified atom stereocenters. The summed E-state index contributed by atoms with van der Waals surface area (Å²) in [5.74, 6) is -0.866. The van der Waals surface area contributed by atoms with Crippen LogP contribution in [-0.2, 0) is 28.6 Å². The van der Waals surface area contributed by atoms with E-state index in [0.29, 0.717) is 19.3 Å². The lowest BCUT2D eigenvalue weighted by Crippen LogP contribution is -2.30. The van der Waals surface area contributed by atoms with Crippen molar-refractivity contribution in [3.63, 3.8) is 0 Å². The zero-order valence-electron chi connectivity index (χ0n) is 51.2. The Bertz CT molecular complexity index is 1420. The van der Waals surface area contributed by atoms with Gasteiger partial charge in [0.15, 0.2) is 6.10 Å². The average molecular weight is 1080 g/mol. The largest absolute Gasteiger partial charge is 0.462 e. The van der Waals surface area contributed by atoms with Crippen LogP contribution < -0.4 is 0 Å². The summed E-state index contributed by atoms with van der Waals surface area (Å²) in [6, 6.07) is 0. The molecule has 1 atom stereocenters. The molecular weight excluding hydrogens is 949 g/mol. The molecule has 0 N–H and O–H groups in total. The molecule has 0 aliphatic heterocycles. The number of carbonyl (C=O) groups excluding carboxylic acids is 3. The fourth-order valence-electron chi connectivity index (χ4n) is 9.70. The molecule has 0 amide bonds. The Morgan fingerprint density at radius 3 is 0.792 bits per heavy atom. The van der Waals surface area contributed by atoms with E-state index in [1.54, 1.807) is 0 Å². The lowest BCUT2D eigenvalue weighted by Gasteiger charge is -2.18. The van der Waals surface area contributed by atoms with Crippen molar-refractivity contribution < 1.29 is 28.6 Å². The Kier molecular flexibility index (Phi) is 62.7. The van der Waals surface area contributed by atoms with Crippen LogP contribution in [0.1, 0.15) is 342 Å². The van der Waals surface area contributed by atoms with Gasteiger partial charge in [-0.05, 0) is 89.9 Å². The third kappa shape index (κ3) is 63.6. The first-order chi connectivity index (χ1) is 38.0. The maximum absolute atomic E-state index is 12.9. The third-order valence-electron chi connectivity index (χ3n) is 14.7. The quantitative estimate of drug-likeness (QED) is 0.0261. The highest BCUT2D eigenvalue weighted by Crippen LogP contribution is 2.17. The van der Waals surface area contributed by atoms with E-state index in [0.717, 1.165) is 96.3 Å². The van der Waals surface area contributed by atoms with Gasteiger partial charge in [-0.1, -0.05) is 306 Å².